The van der Waals surface area contributed by atoms with Gasteiger partial charge in [-0.2, -0.15) is 0 Å². The van der Waals surface area contributed by atoms with Crippen LogP contribution < -0.4 is 11.1 Å². The van der Waals surface area contributed by atoms with Gasteiger partial charge in [-0.05, 0) is 13.8 Å². The van der Waals surface area contributed by atoms with E-state index >= 15 is 0 Å². The molecule has 0 aliphatic heterocycles. The Hall–Kier alpha value is -1.32. The molecule has 4 nitrogen and oxygen atoms in total. The van der Waals surface area contributed by atoms with Gasteiger partial charge in [0.05, 0.1) is 0 Å². The monoisotopic (exact) mass is 152 g/mol. The second-order valence-corrected chi connectivity index (χ2v) is 2.26. The average molecular weight is 152 g/mol. The molecule has 60 valence electrons. The van der Waals surface area contributed by atoms with Crippen molar-refractivity contribution in [2.75, 3.05) is 17.6 Å². The topological polar surface area (TPSA) is 63.8 Å². The summed E-state index contributed by atoms with van der Waals surface area (Å²) in [5, 5.41) is 3.09. The predicted octanol–water partition coefficient (Wildman–Crippen LogP) is 0.799. The summed E-state index contributed by atoms with van der Waals surface area (Å²) >= 11 is 0. The first-order valence-electron chi connectivity index (χ1n) is 3.56. The number of nitrogens with two attached hydrogens (primary N) is 1. The molecule has 1 heterocycles. The summed E-state index contributed by atoms with van der Waals surface area (Å²) in [6, 6.07) is 0. The summed E-state index contributed by atoms with van der Waals surface area (Å²) in [6.45, 7) is 4.75. The highest BCUT2D eigenvalue weighted by atomic mass is 15.0. The number of hydrogen-bond donors (Lipinski definition) is 2. The Morgan fingerprint density at radius 3 is 2.91 bits per heavy atom. The van der Waals surface area contributed by atoms with E-state index in [1.165, 1.54) is 6.33 Å². The van der Waals surface area contributed by atoms with Gasteiger partial charge in [-0.25, -0.2) is 9.97 Å². The van der Waals surface area contributed by atoms with Crippen LogP contribution in [-0.4, -0.2) is 16.5 Å². The largest absolute Gasteiger partial charge is 0.383 e. The number of anilines is 2. The number of nitrogens with zero attached hydrogens (tertiary/aromatic N) is 2. The van der Waals surface area contributed by atoms with E-state index in [1.807, 2.05) is 13.8 Å². The van der Waals surface area contributed by atoms with E-state index in [9.17, 15) is 0 Å². The first-order chi connectivity index (χ1) is 5.25. The molecule has 0 spiro atoms. The van der Waals surface area contributed by atoms with Gasteiger partial charge in [0, 0.05) is 12.1 Å². The zero-order valence-corrected chi connectivity index (χ0v) is 6.76. The molecule has 0 saturated heterocycles. The van der Waals surface area contributed by atoms with E-state index in [2.05, 4.69) is 15.3 Å². The van der Waals surface area contributed by atoms with Gasteiger partial charge in [0.25, 0.3) is 0 Å². The number of aromatic nitrogens is 2. The van der Waals surface area contributed by atoms with E-state index in [0.29, 0.717) is 5.82 Å². The first-order valence-corrected chi connectivity index (χ1v) is 3.56. The van der Waals surface area contributed by atoms with Crippen molar-refractivity contribution in [3.63, 3.8) is 0 Å². The maximum absolute atomic E-state index is 5.56. The normalized spacial score (nSPS) is 9.64. The van der Waals surface area contributed by atoms with Gasteiger partial charge in [-0.3, -0.25) is 0 Å². The molecule has 1 aromatic rings. The van der Waals surface area contributed by atoms with Crippen molar-refractivity contribution in [1.29, 1.82) is 0 Å². The summed E-state index contributed by atoms with van der Waals surface area (Å²) in [7, 11) is 0. The molecule has 0 saturated carbocycles. The van der Waals surface area contributed by atoms with Gasteiger partial charge in [0.15, 0.2) is 0 Å². The average Bonchev–Trinajstić information content (AvgIpc) is 1.99. The number of hydrogen-bond acceptors (Lipinski definition) is 4. The molecule has 1 aromatic heterocycles. The maximum atomic E-state index is 5.56. The summed E-state index contributed by atoms with van der Waals surface area (Å²) in [6.07, 6.45) is 1.46. The molecule has 0 fully saturated rings. The molecule has 0 bridgehead atoms. The zero-order valence-electron chi connectivity index (χ0n) is 6.76. The van der Waals surface area contributed by atoms with Crippen LogP contribution in [0.3, 0.4) is 0 Å². The van der Waals surface area contributed by atoms with Gasteiger partial charge < -0.3 is 11.1 Å². The lowest BCUT2D eigenvalue weighted by molar-refractivity contribution is 1.09. The molecule has 0 amide bonds. The fourth-order valence-corrected chi connectivity index (χ4v) is 0.809. The fraction of sp³-hybridized carbons (Fsp3) is 0.429. The third kappa shape index (κ3) is 1.58. The highest BCUT2D eigenvalue weighted by Gasteiger charge is 2.00. The Morgan fingerprint density at radius 1 is 1.55 bits per heavy atom. The second kappa shape index (κ2) is 3.18. The Balaban J connectivity index is 2.96. The molecule has 11 heavy (non-hydrogen) atoms. The van der Waals surface area contributed by atoms with Crippen LogP contribution in [0, 0.1) is 6.92 Å². The van der Waals surface area contributed by atoms with Crippen LogP contribution in [0.2, 0.25) is 0 Å². The zero-order chi connectivity index (χ0) is 8.27. The van der Waals surface area contributed by atoms with Crippen molar-refractivity contribution in [1.82, 2.24) is 9.97 Å². The third-order valence-electron chi connectivity index (χ3n) is 1.47. The second-order valence-electron chi connectivity index (χ2n) is 2.26. The molecule has 0 atom stereocenters. The molecule has 0 radical (unpaired) electrons. The van der Waals surface area contributed by atoms with Gasteiger partial charge in [-0.15, -0.1) is 0 Å². The molecular weight excluding hydrogens is 140 g/mol. The van der Waals surface area contributed by atoms with E-state index in [4.69, 9.17) is 5.73 Å². The van der Waals surface area contributed by atoms with Crippen LogP contribution in [-0.2, 0) is 0 Å². The first kappa shape index (κ1) is 7.78. The predicted molar refractivity (Wildman–Crippen MR) is 45.3 cm³/mol. The standard InChI is InChI=1S/C7H12N4/c1-3-9-7-5(2)6(8)10-4-11-7/h4H,3H2,1-2H3,(H3,8,9,10,11). The van der Waals surface area contributed by atoms with Gasteiger partial charge >= 0.3 is 0 Å². The van der Waals surface area contributed by atoms with Crippen LogP contribution in [0.1, 0.15) is 12.5 Å². The molecule has 0 aliphatic carbocycles. The highest BCUT2D eigenvalue weighted by molar-refractivity contribution is 5.53. The minimum Gasteiger partial charge on any atom is -0.383 e. The van der Waals surface area contributed by atoms with Gasteiger partial charge in [-0.1, -0.05) is 0 Å². The van der Waals surface area contributed by atoms with Crippen LogP contribution >= 0.6 is 0 Å². The molecule has 0 aromatic carbocycles. The SMILES string of the molecule is CCNc1ncnc(N)c1C. The van der Waals surface area contributed by atoms with Gasteiger partial charge in [0.2, 0.25) is 0 Å². The Morgan fingerprint density at radius 2 is 2.27 bits per heavy atom. The molecule has 4 heteroatoms. The van der Waals surface area contributed by atoms with Crippen molar-refractivity contribution in [2.45, 2.75) is 13.8 Å². The lowest BCUT2D eigenvalue weighted by Gasteiger charge is -2.05. The van der Waals surface area contributed by atoms with Crippen molar-refractivity contribution in [3.05, 3.63) is 11.9 Å². The van der Waals surface area contributed by atoms with Crippen LogP contribution in [0.15, 0.2) is 6.33 Å². The smallest absolute Gasteiger partial charge is 0.134 e. The Kier molecular flexibility index (Phi) is 2.25. The Labute approximate surface area is 65.9 Å². The summed E-state index contributed by atoms with van der Waals surface area (Å²) < 4.78 is 0. The van der Waals surface area contributed by atoms with E-state index < -0.39 is 0 Å². The van der Waals surface area contributed by atoms with Crippen LogP contribution in [0.4, 0.5) is 11.6 Å². The molecule has 1 rings (SSSR count). The number of nitrogens with one attached hydrogen (secondary N) is 1. The maximum Gasteiger partial charge on any atom is 0.134 e. The highest BCUT2D eigenvalue weighted by Crippen LogP contribution is 2.13. The van der Waals surface area contributed by atoms with E-state index in [-0.39, 0.29) is 0 Å². The minimum absolute atomic E-state index is 0.538. The van der Waals surface area contributed by atoms with Crippen molar-refractivity contribution in [2.24, 2.45) is 0 Å². The molecule has 0 unspecified atom stereocenters. The van der Waals surface area contributed by atoms with Crippen molar-refractivity contribution >= 4 is 11.6 Å². The van der Waals surface area contributed by atoms with Crippen molar-refractivity contribution in [3.8, 4) is 0 Å². The van der Waals surface area contributed by atoms with E-state index in [0.717, 1.165) is 17.9 Å². The Bertz CT molecular complexity index is 246. The molecule has 0 aliphatic rings. The quantitative estimate of drug-likeness (QED) is 0.658. The molecular formula is C7H12N4. The van der Waals surface area contributed by atoms with Crippen LogP contribution in [0.25, 0.3) is 0 Å². The lowest BCUT2D eigenvalue weighted by Crippen LogP contribution is -2.04. The molecule has 3 N–H and O–H groups in total. The van der Waals surface area contributed by atoms with Gasteiger partial charge in [0.1, 0.15) is 18.0 Å². The summed E-state index contributed by atoms with van der Waals surface area (Å²) in [4.78, 5) is 7.87. The third-order valence-corrected chi connectivity index (χ3v) is 1.47. The fourth-order valence-electron chi connectivity index (χ4n) is 0.809. The van der Waals surface area contributed by atoms with E-state index in [1.54, 1.807) is 0 Å². The summed E-state index contributed by atoms with van der Waals surface area (Å²) in [5.74, 6) is 1.36. The van der Waals surface area contributed by atoms with Crippen molar-refractivity contribution < 1.29 is 0 Å². The number of nitrogen functional groups attached to an aromatic ring is 1. The lowest BCUT2D eigenvalue weighted by atomic mass is 10.3. The minimum atomic E-state index is 0.538. The van der Waals surface area contributed by atoms with Crippen LogP contribution in [0.5, 0.6) is 0 Å². The summed E-state index contributed by atoms with van der Waals surface area (Å²) in [5.41, 5.74) is 6.47. The number of rotatable bonds is 2.